The van der Waals surface area contributed by atoms with Gasteiger partial charge in [-0.1, -0.05) is 83.0 Å². The number of hydrogen-bond acceptors (Lipinski definition) is 10. The van der Waals surface area contributed by atoms with Crippen molar-refractivity contribution in [2.75, 3.05) is 27.3 Å². The highest BCUT2D eigenvalue weighted by Gasteiger charge is 2.47. The summed E-state index contributed by atoms with van der Waals surface area (Å²) in [7, 11) is 2.89. The molecule has 7 aliphatic rings. The highest BCUT2D eigenvalue weighted by Crippen LogP contribution is 2.55. The first-order valence-corrected chi connectivity index (χ1v) is 24.9. The van der Waals surface area contributed by atoms with Crippen LogP contribution in [0.1, 0.15) is 120 Å². The third-order valence-corrected chi connectivity index (χ3v) is 15.8. The fourth-order valence-electron chi connectivity index (χ4n) is 12.1. The third-order valence-electron chi connectivity index (χ3n) is 15.8. The van der Waals surface area contributed by atoms with Crippen molar-refractivity contribution >= 4 is 35.2 Å². The maximum absolute atomic E-state index is 14.0. The molecule has 2 aromatic carbocycles. The minimum absolute atomic E-state index is 0.0626. The first-order chi connectivity index (χ1) is 32.9. The Morgan fingerprint density at radius 1 is 0.853 bits per heavy atom. The van der Waals surface area contributed by atoms with E-state index in [1.54, 1.807) is 12.0 Å². The van der Waals surface area contributed by atoms with Gasteiger partial charge in [-0.2, -0.15) is 0 Å². The quantitative estimate of drug-likeness (QED) is 0.130. The maximum atomic E-state index is 14.0. The molecule has 1 saturated carbocycles. The minimum Gasteiger partial charge on any atom is -0.453 e. The van der Waals surface area contributed by atoms with Crippen molar-refractivity contribution in [2.24, 2.45) is 16.8 Å². The van der Waals surface area contributed by atoms with Crippen LogP contribution < -0.4 is 16.0 Å². The van der Waals surface area contributed by atoms with Crippen LogP contribution in [0.5, 0.6) is 0 Å². The molecule has 5 heterocycles. The number of epoxide rings is 1. The summed E-state index contributed by atoms with van der Waals surface area (Å²) >= 11 is 0. The van der Waals surface area contributed by atoms with Gasteiger partial charge in [0.05, 0.1) is 43.2 Å². The van der Waals surface area contributed by atoms with Gasteiger partial charge in [-0.25, -0.2) is 9.78 Å². The summed E-state index contributed by atoms with van der Waals surface area (Å²) in [6.07, 6.45) is 15.7. The van der Waals surface area contributed by atoms with E-state index >= 15 is 0 Å². The molecule has 0 bridgehead atoms. The van der Waals surface area contributed by atoms with Gasteiger partial charge in [0.2, 0.25) is 11.8 Å². The number of fused-ring (bicyclic) bond motifs is 3. The number of aromatic nitrogens is 2. The van der Waals surface area contributed by atoms with E-state index in [4.69, 9.17) is 24.2 Å². The van der Waals surface area contributed by atoms with E-state index in [1.807, 2.05) is 31.0 Å². The number of amidine groups is 1. The summed E-state index contributed by atoms with van der Waals surface area (Å²) in [5.41, 5.74) is 10.3. The number of H-pyrrole nitrogens is 1. The molecular weight excluding hydrogens is 861 g/mol. The van der Waals surface area contributed by atoms with E-state index in [2.05, 4.69) is 77.3 Å². The number of likely N-dealkylation sites (tertiary alicyclic amines) is 2. The predicted octanol–water partition coefficient (Wildman–Crippen LogP) is 7.09. The van der Waals surface area contributed by atoms with Crippen LogP contribution in [0, 0.1) is 11.8 Å². The highest BCUT2D eigenvalue weighted by molar-refractivity contribution is 6.13. The van der Waals surface area contributed by atoms with Crippen molar-refractivity contribution in [1.29, 1.82) is 0 Å². The van der Waals surface area contributed by atoms with Crippen molar-refractivity contribution in [1.82, 2.24) is 35.7 Å². The Hall–Kier alpha value is -5.64. The number of hydrogen-bond donors (Lipinski definition) is 4. The molecule has 4 N–H and O–H groups in total. The zero-order valence-electron chi connectivity index (χ0n) is 40.2. The average molecular weight is 927 g/mol. The van der Waals surface area contributed by atoms with Gasteiger partial charge >= 0.3 is 6.09 Å². The van der Waals surface area contributed by atoms with Crippen LogP contribution in [0.15, 0.2) is 65.3 Å². The number of carbonyl (C=O) groups excluding carboxylic acids is 4. The number of amides is 4. The van der Waals surface area contributed by atoms with Gasteiger partial charge in [0, 0.05) is 25.8 Å². The van der Waals surface area contributed by atoms with Gasteiger partial charge in [-0.15, -0.1) is 0 Å². The maximum Gasteiger partial charge on any atom is 0.407 e. The molecule has 3 saturated heterocycles. The van der Waals surface area contributed by atoms with Crippen LogP contribution in [-0.4, -0.2) is 113 Å². The summed E-state index contributed by atoms with van der Waals surface area (Å²) in [6, 6.07) is 11.4. The Balaban J connectivity index is 0.874. The fraction of sp³-hybridized carbons (Fsp3) is 0.547. The molecule has 4 amide bonds. The Bertz CT molecular complexity index is 2550. The molecule has 4 fully saturated rings. The molecule has 3 aromatic rings. The van der Waals surface area contributed by atoms with Crippen LogP contribution in [0.2, 0.25) is 0 Å². The molecular formula is C53H66N8O7. The number of alkyl carbamates (subject to hydrolysis) is 1. The fourth-order valence-corrected chi connectivity index (χ4v) is 12.1. The number of ether oxygens (including phenoxy) is 3. The van der Waals surface area contributed by atoms with E-state index < -0.39 is 12.1 Å². The minimum atomic E-state index is -0.751. The topological polar surface area (TPSA) is 183 Å². The smallest absolute Gasteiger partial charge is 0.407 e. The number of imidazole rings is 1. The molecule has 0 radical (unpaired) electrons. The van der Waals surface area contributed by atoms with Crippen LogP contribution >= 0.6 is 0 Å². The number of aromatic amines is 1. The Kier molecular flexibility index (Phi) is 12.7. The number of nitrogens with zero attached hydrogens (tertiary/aromatic N) is 4. The normalized spacial score (nSPS) is 25.7. The van der Waals surface area contributed by atoms with E-state index in [9.17, 15) is 19.2 Å². The van der Waals surface area contributed by atoms with Gasteiger partial charge in [0.1, 0.15) is 17.7 Å². The standard InChI is InChI=1S/C53H66N8O7/c1-29(2)43(57-48-51(66-5)68-48)49(63)60-25-9-11-40(60)45-54-28-39(56-45)32-15-13-31(14-16-32)35-19-18-34(36-21-24-53(42(35)36)22-7-8-23-53)33-17-20-38-37(27-33)47(62)59-46(55-38)41-12-10-26-61(41)50(64)44(30(3)4)58-52(65)67-6/h13-19,27-30,38,40-41,43-44,48,51,57H,7-12,20-26H2,1-6H3,(H,54,56)(H,58,65)(H,55,59,62)/t38?,40-,41-,43-,44-,48?,51?/m0/s1. The molecule has 1 spiro atoms. The number of nitrogens with one attached hydrogen (secondary N) is 4. The number of aliphatic imine (C=N–C) groups is 1. The molecule has 15 nitrogen and oxygen atoms in total. The first-order valence-electron chi connectivity index (χ1n) is 24.9. The van der Waals surface area contributed by atoms with Gasteiger partial charge in [-0.05, 0) is 120 Å². The van der Waals surface area contributed by atoms with Gasteiger partial charge in [0.15, 0.2) is 12.5 Å². The molecule has 7 atom stereocenters. The van der Waals surface area contributed by atoms with Crippen molar-refractivity contribution < 1.29 is 33.4 Å². The van der Waals surface area contributed by atoms with Crippen LogP contribution in [0.25, 0.3) is 28.0 Å². The second kappa shape index (κ2) is 18.7. The second-order valence-corrected chi connectivity index (χ2v) is 20.5. The van der Waals surface area contributed by atoms with Crippen LogP contribution in [-0.2, 0) is 40.4 Å². The molecule has 1 aromatic heterocycles. The number of benzene rings is 2. The van der Waals surface area contributed by atoms with Crippen molar-refractivity contribution in [3.63, 3.8) is 0 Å². The Labute approximate surface area is 398 Å². The number of allylic oxidation sites excluding steroid dienone is 2. The summed E-state index contributed by atoms with van der Waals surface area (Å²) in [4.78, 5) is 71.1. The Morgan fingerprint density at radius 2 is 1.53 bits per heavy atom. The number of carbonyl (C=O) groups is 4. The number of rotatable bonds is 13. The summed E-state index contributed by atoms with van der Waals surface area (Å²) < 4.78 is 15.6. The molecule has 3 unspecified atom stereocenters. The molecule has 10 rings (SSSR count). The summed E-state index contributed by atoms with van der Waals surface area (Å²) in [5.74, 6) is 0.946. The molecule has 15 heteroatoms. The SMILES string of the molecule is COC(=O)N[C@H](C(=O)N1CCC[C@H]1C1=NC2CC=C(c3ccc(-c4ccc(-c5cnc([C@@H]6CCCN6C(=O)[C@@H](NC6OC6OC)C(C)C)[nH]5)cc4)c4c3CCC43CCCC3)C=C2C(=O)N1)C(C)C. The average Bonchev–Trinajstić information content (AvgIpc) is 4.05. The van der Waals surface area contributed by atoms with Gasteiger partial charge < -0.3 is 39.6 Å². The Morgan fingerprint density at radius 3 is 2.22 bits per heavy atom. The zero-order chi connectivity index (χ0) is 47.4. The van der Waals surface area contributed by atoms with Crippen LogP contribution in [0.4, 0.5) is 4.79 Å². The van der Waals surface area contributed by atoms with E-state index in [0.29, 0.717) is 37.3 Å². The predicted molar refractivity (Wildman–Crippen MR) is 258 cm³/mol. The first kappa shape index (κ1) is 46.1. The van der Waals surface area contributed by atoms with E-state index in [-0.39, 0.29) is 71.7 Å². The lowest BCUT2D eigenvalue weighted by Crippen LogP contribution is -2.57. The monoisotopic (exact) mass is 927 g/mol. The van der Waals surface area contributed by atoms with Crippen LogP contribution in [0.3, 0.4) is 0 Å². The van der Waals surface area contributed by atoms with Crippen molar-refractivity contribution in [2.45, 2.75) is 146 Å². The molecule has 4 aliphatic heterocycles. The summed E-state index contributed by atoms with van der Waals surface area (Å²) in [6.45, 7) is 9.09. The van der Waals surface area contributed by atoms with Gasteiger partial charge in [0.25, 0.3) is 5.91 Å². The van der Waals surface area contributed by atoms with E-state index in [1.165, 1.54) is 60.6 Å². The second-order valence-electron chi connectivity index (χ2n) is 20.5. The van der Waals surface area contributed by atoms with Crippen molar-refractivity contribution in [3.8, 4) is 22.4 Å². The third kappa shape index (κ3) is 8.48. The molecule has 360 valence electrons. The molecule has 3 aliphatic carbocycles. The highest BCUT2D eigenvalue weighted by atomic mass is 16.8. The lowest BCUT2D eigenvalue weighted by Gasteiger charge is -2.34. The van der Waals surface area contributed by atoms with Gasteiger partial charge in [-0.3, -0.25) is 24.7 Å². The lowest BCUT2D eigenvalue weighted by atomic mass is 9.75. The summed E-state index contributed by atoms with van der Waals surface area (Å²) in [5, 5.41) is 9.16. The zero-order valence-corrected chi connectivity index (χ0v) is 40.2. The lowest BCUT2D eigenvalue weighted by molar-refractivity contribution is -0.136. The number of methoxy groups -OCH3 is 2. The van der Waals surface area contributed by atoms with E-state index in [0.717, 1.165) is 54.8 Å². The largest absolute Gasteiger partial charge is 0.453 e. The van der Waals surface area contributed by atoms with Crippen molar-refractivity contribution in [3.05, 3.63) is 82.8 Å². The molecule has 68 heavy (non-hydrogen) atoms.